The molecule has 1 heterocycles. The van der Waals surface area contributed by atoms with Gasteiger partial charge in [-0.3, -0.25) is 9.59 Å². The van der Waals surface area contributed by atoms with E-state index in [1.165, 1.54) is 47.0 Å². The lowest BCUT2D eigenvalue weighted by Crippen LogP contribution is -2.16. The maximum atomic E-state index is 13.0. The summed E-state index contributed by atoms with van der Waals surface area (Å²) in [5, 5.41) is 16.6. The second-order valence-electron chi connectivity index (χ2n) is 6.60. The number of carbonyl (C=O) groups is 2. The molecule has 0 saturated carbocycles. The van der Waals surface area contributed by atoms with Crippen LogP contribution in [0.5, 0.6) is 0 Å². The summed E-state index contributed by atoms with van der Waals surface area (Å²) in [6, 6.07) is 19.6. The summed E-state index contributed by atoms with van der Waals surface area (Å²) in [6.45, 7) is 0. The Bertz CT molecular complexity index is 1210. The summed E-state index contributed by atoms with van der Waals surface area (Å²) < 4.78 is 14.5. The number of carbonyl (C=O) groups excluding carboxylic acids is 2. The molecule has 0 aliphatic carbocycles. The number of aromatic nitrogens is 4. The highest BCUT2D eigenvalue weighted by atomic mass is 32.2. The van der Waals surface area contributed by atoms with Gasteiger partial charge < -0.3 is 10.6 Å². The zero-order valence-corrected chi connectivity index (χ0v) is 17.4. The molecule has 160 valence electrons. The van der Waals surface area contributed by atoms with E-state index in [0.717, 1.165) is 5.69 Å². The molecular weight excluding hydrogens is 431 g/mol. The fourth-order valence-electron chi connectivity index (χ4n) is 2.83. The maximum absolute atomic E-state index is 13.0. The number of hydrogen-bond acceptors (Lipinski definition) is 6. The molecule has 10 heteroatoms. The number of hydrogen-bond donors (Lipinski definition) is 2. The second kappa shape index (κ2) is 9.84. The predicted octanol–water partition coefficient (Wildman–Crippen LogP) is 3.78. The number of nitrogens with zero attached hydrogens (tertiary/aromatic N) is 4. The molecule has 0 aliphatic rings. The third-order valence-electron chi connectivity index (χ3n) is 4.36. The van der Waals surface area contributed by atoms with Gasteiger partial charge in [0.2, 0.25) is 5.91 Å². The van der Waals surface area contributed by atoms with E-state index >= 15 is 0 Å². The number of nitrogens with one attached hydrogen (secondary N) is 2. The Labute approximate surface area is 186 Å². The van der Waals surface area contributed by atoms with Crippen molar-refractivity contribution >= 4 is 35.0 Å². The van der Waals surface area contributed by atoms with Crippen molar-refractivity contribution in [1.29, 1.82) is 0 Å². The average molecular weight is 448 g/mol. The van der Waals surface area contributed by atoms with Crippen LogP contribution in [0.1, 0.15) is 10.4 Å². The van der Waals surface area contributed by atoms with Gasteiger partial charge in [0, 0.05) is 16.3 Å². The van der Waals surface area contributed by atoms with Crippen molar-refractivity contribution < 1.29 is 14.0 Å². The van der Waals surface area contributed by atoms with Crippen molar-refractivity contribution in [3.8, 4) is 5.69 Å². The van der Waals surface area contributed by atoms with Crippen LogP contribution in [0.15, 0.2) is 84.0 Å². The zero-order chi connectivity index (χ0) is 22.3. The summed E-state index contributed by atoms with van der Waals surface area (Å²) in [7, 11) is 0. The molecule has 8 nitrogen and oxygen atoms in total. The van der Waals surface area contributed by atoms with Crippen molar-refractivity contribution in [3.05, 3.63) is 90.5 Å². The smallest absolute Gasteiger partial charge is 0.256 e. The lowest BCUT2D eigenvalue weighted by molar-refractivity contribution is -0.113. The van der Waals surface area contributed by atoms with Crippen LogP contribution in [-0.2, 0) is 4.79 Å². The van der Waals surface area contributed by atoms with Crippen LogP contribution in [0.3, 0.4) is 0 Å². The van der Waals surface area contributed by atoms with Crippen molar-refractivity contribution in [2.45, 2.75) is 4.90 Å². The quantitative estimate of drug-likeness (QED) is 0.417. The Kier molecular flexibility index (Phi) is 6.52. The van der Waals surface area contributed by atoms with Crippen LogP contribution >= 0.6 is 11.8 Å². The number of benzene rings is 3. The van der Waals surface area contributed by atoms with E-state index < -0.39 is 0 Å². The molecule has 3 aromatic carbocycles. The number of anilines is 2. The average Bonchev–Trinajstić information content (AvgIpc) is 3.35. The first-order valence-corrected chi connectivity index (χ1v) is 10.5. The van der Waals surface area contributed by atoms with E-state index in [1.807, 2.05) is 0 Å². The van der Waals surface area contributed by atoms with Gasteiger partial charge in [0.25, 0.3) is 5.91 Å². The third-order valence-corrected chi connectivity index (χ3v) is 5.43. The molecule has 0 radical (unpaired) electrons. The number of amides is 2. The first kappa shape index (κ1) is 21.2. The van der Waals surface area contributed by atoms with E-state index in [9.17, 15) is 14.0 Å². The molecule has 0 aliphatic heterocycles. The summed E-state index contributed by atoms with van der Waals surface area (Å²) in [6.07, 6.45) is 1.48. The molecule has 4 rings (SSSR count). The Morgan fingerprint density at radius 3 is 2.31 bits per heavy atom. The van der Waals surface area contributed by atoms with Gasteiger partial charge in [-0.15, -0.1) is 16.9 Å². The molecule has 0 bridgehead atoms. The van der Waals surface area contributed by atoms with Crippen molar-refractivity contribution in [2.75, 3.05) is 16.4 Å². The fraction of sp³-hybridized carbons (Fsp3) is 0.0455. The van der Waals surface area contributed by atoms with Gasteiger partial charge in [0.05, 0.1) is 17.0 Å². The lowest BCUT2D eigenvalue weighted by atomic mass is 10.2. The van der Waals surface area contributed by atoms with E-state index in [0.29, 0.717) is 21.8 Å². The van der Waals surface area contributed by atoms with Gasteiger partial charge in [-0.1, -0.05) is 12.1 Å². The molecule has 4 aromatic rings. The Morgan fingerprint density at radius 1 is 0.906 bits per heavy atom. The Balaban J connectivity index is 1.38. The molecule has 2 N–H and O–H groups in total. The molecule has 0 unspecified atom stereocenters. The minimum atomic E-state index is -0.373. The Hall–Kier alpha value is -4.05. The van der Waals surface area contributed by atoms with Gasteiger partial charge in [-0.2, -0.15) is 0 Å². The predicted molar refractivity (Wildman–Crippen MR) is 119 cm³/mol. The third kappa shape index (κ3) is 5.35. The van der Waals surface area contributed by atoms with Crippen molar-refractivity contribution in [1.82, 2.24) is 20.2 Å². The molecule has 32 heavy (non-hydrogen) atoms. The van der Waals surface area contributed by atoms with Crippen LogP contribution in [0.25, 0.3) is 5.69 Å². The Morgan fingerprint density at radius 2 is 1.59 bits per heavy atom. The highest BCUT2D eigenvalue weighted by Gasteiger charge is 2.13. The molecule has 0 spiro atoms. The number of rotatable bonds is 7. The fourth-order valence-corrected chi connectivity index (χ4v) is 3.68. The molecular formula is C22H17FN6O2S. The van der Waals surface area contributed by atoms with Crippen LogP contribution in [-0.4, -0.2) is 37.8 Å². The standard InChI is InChI=1S/C22H17FN6O2S/c23-15-5-7-16(8-6-15)25-21(30)13-32-20-4-2-1-3-19(20)22(31)26-17-9-11-18(12-10-17)29-14-24-27-28-29/h1-12,14H,13H2,(H,25,30)(H,26,31). The molecule has 1 aromatic heterocycles. The molecule has 0 atom stereocenters. The number of thioether (sulfide) groups is 1. The van der Waals surface area contributed by atoms with Gasteiger partial charge >= 0.3 is 0 Å². The van der Waals surface area contributed by atoms with Crippen LogP contribution < -0.4 is 10.6 Å². The van der Waals surface area contributed by atoms with Crippen LogP contribution in [0.4, 0.5) is 15.8 Å². The lowest BCUT2D eigenvalue weighted by Gasteiger charge is -2.11. The van der Waals surface area contributed by atoms with Gasteiger partial charge in [-0.25, -0.2) is 9.07 Å². The van der Waals surface area contributed by atoms with E-state index in [2.05, 4.69) is 26.2 Å². The van der Waals surface area contributed by atoms with E-state index in [4.69, 9.17) is 0 Å². The highest BCUT2D eigenvalue weighted by molar-refractivity contribution is 8.00. The minimum absolute atomic E-state index is 0.0995. The zero-order valence-electron chi connectivity index (χ0n) is 16.6. The number of tetrazole rings is 1. The normalized spacial score (nSPS) is 10.5. The minimum Gasteiger partial charge on any atom is -0.325 e. The number of halogens is 1. The summed E-state index contributed by atoms with van der Waals surface area (Å²) in [4.78, 5) is 25.7. The first-order chi connectivity index (χ1) is 15.6. The van der Waals surface area contributed by atoms with Crippen molar-refractivity contribution in [3.63, 3.8) is 0 Å². The van der Waals surface area contributed by atoms with Gasteiger partial charge in [0.1, 0.15) is 12.1 Å². The SMILES string of the molecule is O=C(CSc1ccccc1C(=O)Nc1ccc(-n2cnnn2)cc1)Nc1ccc(F)cc1. The summed E-state index contributed by atoms with van der Waals surface area (Å²) in [5.41, 5.74) is 2.33. The molecule has 0 fully saturated rings. The van der Waals surface area contributed by atoms with E-state index in [1.54, 1.807) is 48.5 Å². The van der Waals surface area contributed by atoms with Gasteiger partial charge in [0.15, 0.2) is 0 Å². The van der Waals surface area contributed by atoms with Gasteiger partial charge in [-0.05, 0) is 71.1 Å². The molecule has 2 amide bonds. The maximum Gasteiger partial charge on any atom is 0.256 e. The van der Waals surface area contributed by atoms with Crippen LogP contribution in [0, 0.1) is 5.82 Å². The van der Waals surface area contributed by atoms with Crippen LogP contribution in [0.2, 0.25) is 0 Å². The second-order valence-corrected chi connectivity index (χ2v) is 7.61. The van der Waals surface area contributed by atoms with Crippen molar-refractivity contribution in [2.24, 2.45) is 0 Å². The summed E-state index contributed by atoms with van der Waals surface area (Å²) in [5.74, 6) is -0.818. The van der Waals surface area contributed by atoms with E-state index in [-0.39, 0.29) is 23.4 Å². The summed E-state index contributed by atoms with van der Waals surface area (Å²) >= 11 is 1.24. The monoisotopic (exact) mass is 448 g/mol. The highest BCUT2D eigenvalue weighted by Crippen LogP contribution is 2.24. The first-order valence-electron chi connectivity index (χ1n) is 9.50. The topological polar surface area (TPSA) is 102 Å². The molecule has 0 saturated heterocycles. The largest absolute Gasteiger partial charge is 0.325 e.